The van der Waals surface area contributed by atoms with E-state index in [9.17, 15) is 4.79 Å². The van der Waals surface area contributed by atoms with Crippen LogP contribution in [0.1, 0.15) is 38.5 Å². The third kappa shape index (κ3) is 1.99. The molecule has 2 bridgehead atoms. The van der Waals surface area contributed by atoms with Gasteiger partial charge in [0.2, 0.25) is 0 Å². The summed E-state index contributed by atoms with van der Waals surface area (Å²) in [7, 11) is 0. The van der Waals surface area contributed by atoms with E-state index in [4.69, 9.17) is 6.42 Å². The van der Waals surface area contributed by atoms with E-state index in [-0.39, 0.29) is 0 Å². The molecule has 0 aromatic rings. The van der Waals surface area contributed by atoms with Crippen LogP contribution in [0.2, 0.25) is 0 Å². The molecule has 2 aliphatic rings. The maximum Gasteiger partial charge on any atom is 0.137 e. The molecule has 0 saturated carbocycles. The standard InChI is InChI=1S/C12H17NO/c1-2-3-4-12(14)9-7-10-5-6-11(8-9)13-10/h1,9-11,13H,3-8H2. The summed E-state index contributed by atoms with van der Waals surface area (Å²) in [5, 5.41) is 3.54. The smallest absolute Gasteiger partial charge is 0.137 e. The van der Waals surface area contributed by atoms with Gasteiger partial charge < -0.3 is 5.32 Å². The Bertz CT molecular complexity index is 254. The molecule has 2 unspecified atom stereocenters. The zero-order valence-electron chi connectivity index (χ0n) is 8.46. The Morgan fingerprint density at radius 2 is 2.00 bits per heavy atom. The summed E-state index contributed by atoms with van der Waals surface area (Å²) in [5.74, 6) is 3.22. The normalized spacial score (nSPS) is 35.2. The molecule has 2 fully saturated rings. The van der Waals surface area contributed by atoms with Crippen molar-refractivity contribution in [1.29, 1.82) is 0 Å². The molecule has 2 atom stereocenters. The molecule has 2 saturated heterocycles. The summed E-state index contributed by atoms with van der Waals surface area (Å²) < 4.78 is 0. The highest BCUT2D eigenvalue weighted by Crippen LogP contribution is 2.31. The van der Waals surface area contributed by atoms with E-state index in [2.05, 4.69) is 11.2 Å². The minimum Gasteiger partial charge on any atom is -0.311 e. The molecule has 2 heterocycles. The summed E-state index contributed by atoms with van der Waals surface area (Å²) in [6.45, 7) is 0. The molecule has 2 nitrogen and oxygen atoms in total. The fourth-order valence-corrected chi connectivity index (χ4v) is 2.72. The highest BCUT2D eigenvalue weighted by atomic mass is 16.1. The fourth-order valence-electron chi connectivity index (χ4n) is 2.72. The highest BCUT2D eigenvalue weighted by Gasteiger charge is 2.35. The van der Waals surface area contributed by atoms with Crippen molar-refractivity contribution in [2.24, 2.45) is 5.92 Å². The Balaban J connectivity index is 1.87. The maximum absolute atomic E-state index is 11.8. The van der Waals surface area contributed by atoms with Gasteiger partial charge in [-0.2, -0.15) is 0 Å². The van der Waals surface area contributed by atoms with Crippen LogP contribution < -0.4 is 5.32 Å². The van der Waals surface area contributed by atoms with E-state index in [0.717, 1.165) is 12.8 Å². The van der Waals surface area contributed by atoms with Crippen molar-refractivity contribution in [3.63, 3.8) is 0 Å². The highest BCUT2D eigenvalue weighted by molar-refractivity contribution is 5.81. The van der Waals surface area contributed by atoms with Crippen LogP contribution >= 0.6 is 0 Å². The monoisotopic (exact) mass is 191 g/mol. The van der Waals surface area contributed by atoms with Gasteiger partial charge in [0.15, 0.2) is 0 Å². The number of terminal acetylenes is 1. The molecular formula is C12H17NO. The molecule has 76 valence electrons. The number of rotatable bonds is 3. The molecular weight excluding hydrogens is 174 g/mol. The first-order valence-electron chi connectivity index (χ1n) is 5.52. The first kappa shape index (κ1) is 9.73. The van der Waals surface area contributed by atoms with E-state index in [1.807, 2.05) is 0 Å². The molecule has 14 heavy (non-hydrogen) atoms. The molecule has 1 N–H and O–H groups in total. The van der Waals surface area contributed by atoms with Crippen LogP contribution in [0.5, 0.6) is 0 Å². The lowest BCUT2D eigenvalue weighted by atomic mass is 9.87. The van der Waals surface area contributed by atoms with Gasteiger partial charge >= 0.3 is 0 Å². The van der Waals surface area contributed by atoms with Gasteiger partial charge in [0.1, 0.15) is 5.78 Å². The summed E-state index contributed by atoms with van der Waals surface area (Å²) in [4.78, 5) is 11.8. The van der Waals surface area contributed by atoms with Crippen LogP contribution in [0.3, 0.4) is 0 Å². The van der Waals surface area contributed by atoms with E-state index in [1.165, 1.54) is 12.8 Å². The first-order valence-corrected chi connectivity index (χ1v) is 5.52. The largest absolute Gasteiger partial charge is 0.311 e. The van der Waals surface area contributed by atoms with Crippen molar-refractivity contribution in [2.45, 2.75) is 50.6 Å². The van der Waals surface area contributed by atoms with Gasteiger partial charge in [-0.25, -0.2) is 0 Å². The van der Waals surface area contributed by atoms with E-state index in [1.54, 1.807) is 0 Å². The summed E-state index contributed by atoms with van der Waals surface area (Å²) >= 11 is 0. The third-order valence-corrected chi connectivity index (χ3v) is 3.44. The van der Waals surface area contributed by atoms with Gasteiger partial charge in [-0.05, 0) is 25.7 Å². The Labute approximate surface area is 85.5 Å². The number of piperidine rings is 1. The molecule has 0 aromatic heterocycles. The number of hydrogen-bond acceptors (Lipinski definition) is 2. The zero-order valence-corrected chi connectivity index (χ0v) is 8.46. The lowest BCUT2D eigenvalue weighted by Gasteiger charge is -2.27. The van der Waals surface area contributed by atoms with Gasteiger partial charge in [0.05, 0.1) is 0 Å². The fraction of sp³-hybridized carbons (Fsp3) is 0.750. The van der Waals surface area contributed by atoms with Crippen LogP contribution in [0.25, 0.3) is 0 Å². The van der Waals surface area contributed by atoms with Crippen molar-refractivity contribution in [2.75, 3.05) is 0 Å². The van der Waals surface area contributed by atoms with Crippen LogP contribution in [0, 0.1) is 18.3 Å². The van der Waals surface area contributed by atoms with E-state index < -0.39 is 0 Å². The molecule has 2 rings (SSSR count). The number of hydrogen-bond donors (Lipinski definition) is 1. The van der Waals surface area contributed by atoms with Crippen LogP contribution in [0.15, 0.2) is 0 Å². The molecule has 2 heteroatoms. The van der Waals surface area contributed by atoms with E-state index in [0.29, 0.717) is 36.6 Å². The van der Waals surface area contributed by atoms with Gasteiger partial charge in [-0.1, -0.05) is 0 Å². The first-order chi connectivity index (χ1) is 6.79. The summed E-state index contributed by atoms with van der Waals surface area (Å²) in [6.07, 6.45) is 10.9. The molecule has 0 aromatic carbocycles. The Morgan fingerprint density at radius 3 is 2.57 bits per heavy atom. The minimum absolute atomic E-state index is 0.294. The van der Waals surface area contributed by atoms with Gasteiger partial charge in [0, 0.05) is 30.8 Å². The topological polar surface area (TPSA) is 29.1 Å². The van der Waals surface area contributed by atoms with Crippen molar-refractivity contribution in [1.82, 2.24) is 5.32 Å². The molecule has 0 aliphatic carbocycles. The van der Waals surface area contributed by atoms with Crippen molar-refractivity contribution in [3.05, 3.63) is 0 Å². The van der Waals surface area contributed by atoms with Crippen LogP contribution in [0.4, 0.5) is 0 Å². The summed E-state index contributed by atoms with van der Waals surface area (Å²) in [5.41, 5.74) is 0. The quantitative estimate of drug-likeness (QED) is 0.685. The van der Waals surface area contributed by atoms with E-state index >= 15 is 0 Å². The van der Waals surface area contributed by atoms with Crippen LogP contribution in [-0.4, -0.2) is 17.9 Å². The van der Waals surface area contributed by atoms with Gasteiger partial charge in [-0.3, -0.25) is 4.79 Å². The Morgan fingerprint density at radius 1 is 1.36 bits per heavy atom. The van der Waals surface area contributed by atoms with Crippen molar-refractivity contribution < 1.29 is 4.79 Å². The second-order valence-corrected chi connectivity index (χ2v) is 4.48. The molecule has 2 aliphatic heterocycles. The van der Waals surface area contributed by atoms with Crippen molar-refractivity contribution >= 4 is 5.78 Å². The van der Waals surface area contributed by atoms with Crippen LogP contribution in [-0.2, 0) is 4.79 Å². The Kier molecular flexibility index (Phi) is 2.88. The number of Topliss-reactive ketones (excluding diaryl/α,β-unsaturated/α-hetero) is 1. The number of ketones is 1. The predicted octanol–water partition coefficient (Wildman–Crippen LogP) is 1.50. The predicted molar refractivity (Wildman–Crippen MR) is 55.7 cm³/mol. The molecule has 0 radical (unpaired) electrons. The van der Waals surface area contributed by atoms with Gasteiger partial charge in [0.25, 0.3) is 0 Å². The van der Waals surface area contributed by atoms with Gasteiger partial charge in [-0.15, -0.1) is 12.3 Å². The van der Waals surface area contributed by atoms with Crippen molar-refractivity contribution in [3.8, 4) is 12.3 Å². The molecule has 0 amide bonds. The second kappa shape index (κ2) is 4.14. The lowest BCUT2D eigenvalue weighted by molar-refractivity contribution is -0.123. The number of fused-ring (bicyclic) bond motifs is 2. The molecule has 0 spiro atoms. The number of carbonyl (C=O) groups is 1. The summed E-state index contributed by atoms with van der Waals surface area (Å²) in [6, 6.07) is 1.21. The number of nitrogens with one attached hydrogen (secondary N) is 1. The average Bonchev–Trinajstić information content (AvgIpc) is 2.54. The second-order valence-electron chi connectivity index (χ2n) is 4.48. The average molecular weight is 191 g/mol. The maximum atomic E-state index is 11.8. The third-order valence-electron chi connectivity index (χ3n) is 3.44. The minimum atomic E-state index is 0.294. The zero-order chi connectivity index (χ0) is 9.97. The SMILES string of the molecule is C#CCCC(=O)C1CC2CCC(C1)N2. The lowest BCUT2D eigenvalue weighted by Crippen LogP contribution is -2.40. The Hall–Kier alpha value is -0.810. The number of carbonyl (C=O) groups excluding carboxylic acids is 1.